The monoisotopic (exact) mass is 271 g/mol. The number of halogens is 2. The lowest BCUT2D eigenvalue weighted by Crippen LogP contribution is -1.95. The van der Waals surface area contributed by atoms with Crippen LogP contribution in [0.1, 0.15) is 0 Å². The van der Waals surface area contributed by atoms with Crippen LogP contribution in [0.5, 0.6) is 11.6 Å². The van der Waals surface area contributed by atoms with Crippen LogP contribution in [0.15, 0.2) is 28.9 Å². The van der Waals surface area contributed by atoms with E-state index in [0.717, 1.165) is 0 Å². The third kappa shape index (κ3) is 2.15. The van der Waals surface area contributed by atoms with Gasteiger partial charge in [0.25, 0.3) is 0 Å². The summed E-state index contributed by atoms with van der Waals surface area (Å²) in [6.45, 7) is 0. The van der Waals surface area contributed by atoms with Crippen LogP contribution in [0.3, 0.4) is 0 Å². The van der Waals surface area contributed by atoms with Crippen molar-refractivity contribution in [1.29, 1.82) is 0 Å². The van der Waals surface area contributed by atoms with Gasteiger partial charge in [0.1, 0.15) is 17.8 Å². The molecule has 0 atom stereocenters. The maximum atomic E-state index is 12.9. The van der Waals surface area contributed by atoms with Gasteiger partial charge in [-0.05, 0) is 34.1 Å². The van der Waals surface area contributed by atoms with Crippen molar-refractivity contribution in [3.8, 4) is 11.6 Å². The number of aromatic nitrogens is 3. The van der Waals surface area contributed by atoms with Crippen molar-refractivity contribution in [3.63, 3.8) is 0 Å². The SMILES string of the molecule is Cn1nncc1Oc1ccc(F)c(Br)c1. The summed E-state index contributed by atoms with van der Waals surface area (Å²) in [5.74, 6) is 0.688. The molecule has 4 nitrogen and oxygen atoms in total. The molecular formula is C9H7BrFN3O. The van der Waals surface area contributed by atoms with Crippen LogP contribution in [-0.2, 0) is 7.05 Å². The second-order valence-electron chi connectivity index (χ2n) is 2.87. The Bertz CT molecular complexity index is 486. The Hall–Kier alpha value is -1.43. The summed E-state index contributed by atoms with van der Waals surface area (Å²) in [4.78, 5) is 0. The van der Waals surface area contributed by atoms with Crippen LogP contribution in [0, 0.1) is 5.82 Å². The van der Waals surface area contributed by atoms with E-state index in [1.165, 1.54) is 23.0 Å². The van der Waals surface area contributed by atoms with Crippen LogP contribution >= 0.6 is 15.9 Å². The van der Waals surface area contributed by atoms with Crippen molar-refractivity contribution in [1.82, 2.24) is 15.0 Å². The molecule has 78 valence electrons. The maximum Gasteiger partial charge on any atom is 0.237 e. The number of rotatable bonds is 2. The smallest absolute Gasteiger partial charge is 0.237 e. The highest BCUT2D eigenvalue weighted by Gasteiger charge is 2.05. The average Bonchev–Trinajstić information content (AvgIpc) is 2.59. The van der Waals surface area contributed by atoms with Crippen molar-refractivity contribution >= 4 is 15.9 Å². The standard InChI is InChI=1S/C9H7BrFN3O/c1-14-9(5-12-13-14)15-6-2-3-8(11)7(10)4-6/h2-5H,1H3. The second-order valence-corrected chi connectivity index (χ2v) is 3.73. The summed E-state index contributed by atoms with van der Waals surface area (Å²) < 4.78 is 20.2. The molecule has 0 fully saturated rings. The Labute approximate surface area is 93.8 Å². The van der Waals surface area contributed by atoms with E-state index in [1.54, 1.807) is 13.1 Å². The van der Waals surface area contributed by atoms with Gasteiger partial charge in [0.05, 0.1) is 4.47 Å². The van der Waals surface area contributed by atoms with Gasteiger partial charge in [-0.15, -0.1) is 5.10 Å². The number of ether oxygens (including phenoxy) is 1. The first-order valence-corrected chi connectivity index (χ1v) is 4.93. The second kappa shape index (κ2) is 3.98. The fourth-order valence-electron chi connectivity index (χ4n) is 1.03. The van der Waals surface area contributed by atoms with Crippen molar-refractivity contribution in [3.05, 3.63) is 34.7 Å². The molecule has 1 aromatic carbocycles. The molecule has 0 saturated heterocycles. The Morgan fingerprint density at radius 2 is 2.27 bits per heavy atom. The topological polar surface area (TPSA) is 39.9 Å². The minimum Gasteiger partial charge on any atom is -0.438 e. The van der Waals surface area contributed by atoms with E-state index in [0.29, 0.717) is 16.1 Å². The normalized spacial score (nSPS) is 10.3. The number of hydrogen-bond acceptors (Lipinski definition) is 3. The van der Waals surface area contributed by atoms with Gasteiger partial charge >= 0.3 is 0 Å². The zero-order chi connectivity index (χ0) is 10.8. The van der Waals surface area contributed by atoms with Crippen LogP contribution in [0.25, 0.3) is 0 Å². The van der Waals surface area contributed by atoms with Crippen molar-refractivity contribution < 1.29 is 9.13 Å². The van der Waals surface area contributed by atoms with Crippen LogP contribution in [0.2, 0.25) is 0 Å². The highest BCUT2D eigenvalue weighted by atomic mass is 79.9. The highest BCUT2D eigenvalue weighted by molar-refractivity contribution is 9.10. The summed E-state index contributed by atoms with van der Waals surface area (Å²) in [6.07, 6.45) is 1.48. The Kier molecular flexibility index (Phi) is 2.68. The van der Waals surface area contributed by atoms with Crippen LogP contribution in [-0.4, -0.2) is 15.0 Å². The minimum absolute atomic E-state index is 0.328. The van der Waals surface area contributed by atoms with E-state index >= 15 is 0 Å². The van der Waals surface area contributed by atoms with Gasteiger partial charge < -0.3 is 4.74 Å². The molecule has 0 unspecified atom stereocenters. The molecular weight excluding hydrogens is 265 g/mol. The van der Waals surface area contributed by atoms with Crippen molar-refractivity contribution in [2.75, 3.05) is 0 Å². The van der Waals surface area contributed by atoms with E-state index in [1.807, 2.05) is 0 Å². The molecule has 1 aromatic heterocycles. The largest absolute Gasteiger partial charge is 0.438 e. The van der Waals surface area contributed by atoms with Crippen LogP contribution in [0.4, 0.5) is 4.39 Å². The van der Waals surface area contributed by atoms with Gasteiger partial charge in [-0.3, -0.25) is 0 Å². The number of benzene rings is 1. The zero-order valence-electron chi connectivity index (χ0n) is 7.82. The molecule has 0 aliphatic rings. The first-order chi connectivity index (χ1) is 7.16. The molecule has 15 heavy (non-hydrogen) atoms. The first kappa shape index (κ1) is 10.1. The summed E-state index contributed by atoms with van der Waals surface area (Å²) in [5, 5.41) is 7.37. The third-order valence-corrected chi connectivity index (χ3v) is 2.39. The van der Waals surface area contributed by atoms with Gasteiger partial charge in [0.15, 0.2) is 0 Å². The predicted octanol–water partition coefficient (Wildman–Crippen LogP) is 2.51. The number of nitrogens with zero attached hydrogens (tertiary/aromatic N) is 3. The van der Waals surface area contributed by atoms with E-state index in [9.17, 15) is 4.39 Å². The number of hydrogen-bond donors (Lipinski definition) is 0. The van der Waals surface area contributed by atoms with Gasteiger partial charge in [0, 0.05) is 7.05 Å². The summed E-state index contributed by atoms with van der Waals surface area (Å²) in [5.41, 5.74) is 0. The molecule has 0 aliphatic carbocycles. The fourth-order valence-corrected chi connectivity index (χ4v) is 1.39. The molecule has 0 saturated carbocycles. The van der Waals surface area contributed by atoms with Gasteiger partial charge in [-0.25, -0.2) is 9.07 Å². The van der Waals surface area contributed by atoms with E-state index < -0.39 is 0 Å². The van der Waals surface area contributed by atoms with Gasteiger partial charge in [-0.2, -0.15) is 0 Å². The molecule has 0 N–H and O–H groups in total. The summed E-state index contributed by atoms with van der Waals surface area (Å²) in [6, 6.07) is 4.40. The molecule has 0 radical (unpaired) electrons. The Morgan fingerprint density at radius 3 is 2.87 bits per heavy atom. The average molecular weight is 272 g/mol. The summed E-state index contributed by atoms with van der Waals surface area (Å²) in [7, 11) is 1.71. The summed E-state index contributed by atoms with van der Waals surface area (Å²) >= 11 is 3.08. The molecule has 0 aliphatic heterocycles. The van der Waals surface area contributed by atoms with E-state index in [2.05, 4.69) is 26.2 Å². The maximum absolute atomic E-state index is 12.9. The van der Waals surface area contributed by atoms with Crippen molar-refractivity contribution in [2.24, 2.45) is 7.05 Å². The lowest BCUT2D eigenvalue weighted by Gasteiger charge is -2.04. The first-order valence-electron chi connectivity index (χ1n) is 4.14. The van der Waals surface area contributed by atoms with Gasteiger partial charge in [0.2, 0.25) is 5.88 Å². The molecule has 2 rings (SSSR count). The van der Waals surface area contributed by atoms with Crippen molar-refractivity contribution in [2.45, 2.75) is 0 Å². The van der Waals surface area contributed by atoms with E-state index in [-0.39, 0.29) is 5.82 Å². The highest BCUT2D eigenvalue weighted by Crippen LogP contribution is 2.25. The molecule has 6 heteroatoms. The lowest BCUT2D eigenvalue weighted by atomic mass is 10.3. The molecule has 0 bridgehead atoms. The van der Waals surface area contributed by atoms with Gasteiger partial charge in [-0.1, -0.05) is 5.21 Å². The number of aryl methyl sites for hydroxylation is 1. The molecule has 0 amide bonds. The minimum atomic E-state index is -0.328. The van der Waals surface area contributed by atoms with E-state index in [4.69, 9.17) is 4.74 Å². The Morgan fingerprint density at radius 1 is 1.47 bits per heavy atom. The molecule has 2 aromatic rings. The quantitative estimate of drug-likeness (QED) is 0.843. The molecule has 0 spiro atoms. The third-order valence-electron chi connectivity index (χ3n) is 1.79. The lowest BCUT2D eigenvalue weighted by molar-refractivity contribution is 0.428. The predicted molar refractivity (Wildman–Crippen MR) is 55.2 cm³/mol. The Balaban J connectivity index is 2.25. The fraction of sp³-hybridized carbons (Fsp3) is 0.111. The van der Waals surface area contributed by atoms with Crippen LogP contribution < -0.4 is 4.74 Å². The molecule has 1 heterocycles. The zero-order valence-corrected chi connectivity index (χ0v) is 9.40.